The maximum absolute atomic E-state index is 5.44. The highest BCUT2D eigenvalue weighted by Crippen LogP contribution is 2.05. The Morgan fingerprint density at radius 3 is 3.15 bits per heavy atom. The molecule has 4 heteroatoms. The maximum atomic E-state index is 5.44. The van der Waals surface area contributed by atoms with Gasteiger partial charge >= 0.3 is 0 Å². The molecule has 0 bridgehead atoms. The van der Waals surface area contributed by atoms with Crippen LogP contribution in [0, 0.1) is 0 Å². The molecule has 0 saturated carbocycles. The van der Waals surface area contributed by atoms with Crippen molar-refractivity contribution in [2.75, 3.05) is 6.54 Å². The number of rotatable bonds is 3. The molecule has 0 aromatic carbocycles. The summed E-state index contributed by atoms with van der Waals surface area (Å²) in [7, 11) is 0. The molecule has 0 amide bonds. The molecule has 2 heterocycles. The largest absolute Gasteiger partial charge is 0.330 e. The van der Waals surface area contributed by atoms with E-state index in [9.17, 15) is 0 Å². The molecule has 2 aromatic rings. The van der Waals surface area contributed by atoms with Gasteiger partial charge in [0.1, 0.15) is 6.33 Å². The van der Waals surface area contributed by atoms with Gasteiger partial charge in [0.2, 0.25) is 0 Å². The van der Waals surface area contributed by atoms with Gasteiger partial charge in [-0.2, -0.15) is 0 Å². The van der Waals surface area contributed by atoms with Crippen LogP contribution < -0.4 is 5.73 Å². The zero-order valence-corrected chi connectivity index (χ0v) is 7.35. The van der Waals surface area contributed by atoms with Gasteiger partial charge in [0.05, 0.1) is 0 Å². The third-order valence-electron chi connectivity index (χ3n) is 2.02. The van der Waals surface area contributed by atoms with Crippen LogP contribution in [0.25, 0.3) is 5.65 Å². The SMILES string of the molecule is NCCCc1ccc2nncn2c1. The zero-order chi connectivity index (χ0) is 9.10. The first-order valence-corrected chi connectivity index (χ1v) is 4.38. The quantitative estimate of drug-likeness (QED) is 0.745. The summed E-state index contributed by atoms with van der Waals surface area (Å²) in [5, 5.41) is 7.74. The minimum atomic E-state index is 0.736. The lowest BCUT2D eigenvalue weighted by atomic mass is 10.1. The monoisotopic (exact) mass is 176 g/mol. The summed E-state index contributed by atoms with van der Waals surface area (Å²) in [6.45, 7) is 0.736. The third-order valence-corrected chi connectivity index (χ3v) is 2.02. The molecular weight excluding hydrogens is 164 g/mol. The van der Waals surface area contributed by atoms with Gasteiger partial charge in [0.25, 0.3) is 0 Å². The molecule has 0 fully saturated rings. The Labute approximate surface area is 76.4 Å². The van der Waals surface area contributed by atoms with Crippen LogP contribution in [-0.2, 0) is 6.42 Å². The molecule has 2 rings (SSSR count). The average molecular weight is 176 g/mol. The Kier molecular flexibility index (Phi) is 2.23. The molecule has 0 spiro atoms. The van der Waals surface area contributed by atoms with Crippen molar-refractivity contribution >= 4 is 5.65 Å². The summed E-state index contributed by atoms with van der Waals surface area (Å²) in [5.74, 6) is 0. The van der Waals surface area contributed by atoms with Crippen LogP contribution in [0.3, 0.4) is 0 Å². The van der Waals surface area contributed by atoms with E-state index in [-0.39, 0.29) is 0 Å². The molecule has 13 heavy (non-hydrogen) atoms. The number of nitrogens with zero attached hydrogens (tertiary/aromatic N) is 3. The first kappa shape index (κ1) is 8.19. The molecule has 0 aliphatic rings. The Morgan fingerprint density at radius 1 is 1.38 bits per heavy atom. The fraction of sp³-hybridized carbons (Fsp3) is 0.333. The van der Waals surface area contributed by atoms with Crippen LogP contribution in [0.2, 0.25) is 0 Å². The van der Waals surface area contributed by atoms with Crippen LogP contribution in [0.1, 0.15) is 12.0 Å². The van der Waals surface area contributed by atoms with Gasteiger partial charge in [-0.25, -0.2) is 0 Å². The van der Waals surface area contributed by atoms with E-state index in [1.807, 2.05) is 16.7 Å². The maximum Gasteiger partial charge on any atom is 0.160 e. The lowest BCUT2D eigenvalue weighted by molar-refractivity contribution is 0.827. The van der Waals surface area contributed by atoms with E-state index in [0.717, 1.165) is 25.0 Å². The Hall–Kier alpha value is -1.42. The molecule has 0 radical (unpaired) electrons. The van der Waals surface area contributed by atoms with Crippen molar-refractivity contribution in [2.45, 2.75) is 12.8 Å². The molecular formula is C9H12N4. The number of pyridine rings is 1. The van der Waals surface area contributed by atoms with Gasteiger partial charge in [-0.1, -0.05) is 6.07 Å². The van der Waals surface area contributed by atoms with Crippen LogP contribution in [0.4, 0.5) is 0 Å². The standard InChI is InChI=1S/C9H12N4/c10-5-1-2-8-3-4-9-12-11-7-13(9)6-8/h3-4,6-7H,1-2,5,10H2. The van der Waals surface area contributed by atoms with Crippen LogP contribution in [0.15, 0.2) is 24.7 Å². The summed E-state index contributed by atoms with van der Waals surface area (Å²) in [5.41, 5.74) is 7.60. The predicted octanol–water partition coefficient (Wildman–Crippen LogP) is 0.621. The van der Waals surface area contributed by atoms with Crippen LogP contribution in [0.5, 0.6) is 0 Å². The number of hydrogen-bond donors (Lipinski definition) is 1. The number of fused-ring (bicyclic) bond motifs is 1. The number of hydrogen-bond acceptors (Lipinski definition) is 3. The van der Waals surface area contributed by atoms with E-state index in [1.54, 1.807) is 6.33 Å². The minimum absolute atomic E-state index is 0.736. The van der Waals surface area contributed by atoms with Crippen molar-refractivity contribution in [1.82, 2.24) is 14.6 Å². The highest BCUT2D eigenvalue weighted by atomic mass is 15.2. The first-order chi connectivity index (χ1) is 6.40. The molecule has 0 saturated heterocycles. The number of aryl methyl sites for hydroxylation is 1. The molecule has 0 aliphatic carbocycles. The molecule has 0 aliphatic heterocycles. The van der Waals surface area contributed by atoms with Crippen LogP contribution >= 0.6 is 0 Å². The van der Waals surface area contributed by atoms with Crippen molar-refractivity contribution in [3.05, 3.63) is 30.2 Å². The summed E-state index contributed by atoms with van der Waals surface area (Å²) in [4.78, 5) is 0. The molecule has 2 N–H and O–H groups in total. The number of nitrogens with two attached hydrogens (primary N) is 1. The fourth-order valence-electron chi connectivity index (χ4n) is 1.33. The van der Waals surface area contributed by atoms with Gasteiger partial charge in [-0.05, 0) is 31.0 Å². The van der Waals surface area contributed by atoms with Gasteiger partial charge < -0.3 is 5.73 Å². The van der Waals surface area contributed by atoms with Crippen molar-refractivity contribution < 1.29 is 0 Å². The summed E-state index contributed by atoms with van der Waals surface area (Å²) < 4.78 is 1.92. The van der Waals surface area contributed by atoms with Crippen molar-refractivity contribution in [3.8, 4) is 0 Å². The summed E-state index contributed by atoms with van der Waals surface area (Å²) >= 11 is 0. The van der Waals surface area contributed by atoms with Gasteiger partial charge in [-0.3, -0.25) is 4.40 Å². The molecule has 2 aromatic heterocycles. The van der Waals surface area contributed by atoms with Gasteiger partial charge in [0, 0.05) is 6.20 Å². The third kappa shape index (κ3) is 1.67. The van der Waals surface area contributed by atoms with Crippen molar-refractivity contribution in [2.24, 2.45) is 5.73 Å². The second kappa shape index (κ2) is 3.53. The Balaban J connectivity index is 2.26. The summed E-state index contributed by atoms with van der Waals surface area (Å²) in [6.07, 6.45) is 5.80. The zero-order valence-electron chi connectivity index (χ0n) is 7.35. The second-order valence-electron chi connectivity index (χ2n) is 3.03. The molecule has 0 unspecified atom stereocenters. The highest BCUT2D eigenvalue weighted by molar-refractivity contribution is 5.37. The molecule has 4 nitrogen and oxygen atoms in total. The predicted molar refractivity (Wildman–Crippen MR) is 50.4 cm³/mol. The Bertz CT molecular complexity index is 393. The molecule has 0 atom stereocenters. The second-order valence-corrected chi connectivity index (χ2v) is 3.03. The van der Waals surface area contributed by atoms with Crippen molar-refractivity contribution in [3.63, 3.8) is 0 Å². The van der Waals surface area contributed by atoms with E-state index < -0.39 is 0 Å². The normalized spacial score (nSPS) is 10.8. The van der Waals surface area contributed by atoms with E-state index >= 15 is 0 Å². The summed E-state index contributed by atoms with van der Waals surface area (Å²) in [6, 6.07) is 4.04. The van der Waals surface area contributed by atoms with Crippen molar-refractivity contribution in [1.29, 1.82) is 0 Å². The average Bonchev–Trinajstić information content (AvgIpc) is 2.61. The highest BCUT2D eigenvalue weighted by Gasteiger charge is 1.96. The first-order valence-electron chi connectivity index (χ1n) is 4.38. The van der Waals surface area contributed by atoms with E-state index in [4.69, 9.17) is 5.73 Å². The topological polar surface area (TPSA) is 56.2 Å². The Morgan fingerprint density at radius 2 is 2.31 bits per heavy atom. The van der Waals surface area contributed by atoms with Crippen LogP contribution in [-0.4, -0.2) is 21.1 Å². The molecule has 68 valence electrons. The van der Waals surface area contributed by atoms with E-state index in [0.29, 0.717) is 0 Å². The number of aromatic nitrogens is 3. The van der Waals surface area contributed by atoms with E-state index in [2.05, 4.69) is 16.3 Å². The fourth-order valence-corrected chi connectivity index (χ4v) is 1.33. The van der Waals surface area contributed by atoms with E-state index in [1.165, 1.54) is 5.56 Å². The lowest BCUT2D eigenvalue weighted by Crippen LogP contribution is -2.00. The van der Waals surface area contributed by atoms with Gasteiger partial charge in [-0.15, -0.1) is 10.2 Å². The minimum Gasteiger partial charge on any atom is -0.330 e. The lowest BCUT2D eigenvalue weighted by Gasteiger charge is -1.99. The van der Waals surface area contributed by atoms with Gasteiger partial charge in [0.15, 0.2) is 5.65 Å². The smallest absolute Gasteiger partial charge is 0.160 e.